The number of rotatable bonds is 2. The molecule has 76 valence electrons. The first-order valence-corrected chi connectivity index (χ1v) is 5.10. The van der Waals surface area contributed by atoms with E-state index in [1.165, 1.54) is 13.0 Å². The lowest BCUT2D eigenvalue weighted by molar-refractivity contribution is 0.101. The topological polar surface area (TPSA) is 17.1 Å². The lowest BCUT2D eigenvalue weighted by atomic mass is 10.0. The van der Waals surface area contributed by atoms with Crippen molar-refractivity contribution in [3.63, 3.8) is 0 Å². The van der Waals surface area contributed by atoms with E-state index in [2.05, 4.69) is 0 Å². The van der Waals surface area contributed by atoms with Gasteiger partial charge in [-0.05, 0) is 54.1 Å². The first-order valence-electron chi connectivity index (χ1n) is 4.02. The molecule has 0 saturated heterocycles. The average molecular weight is 310 g/mol. The predicted molar refractivity (Wildman–Crippen MR) is 58.9 cm³/mol. The lowest BCUT2D eigenvalue weighted by Gasteiger charge is -2.08. The van der Waals surface area contributed by atoms with Gasteiger partial charge in [-0.2, -0.15) is 0 Å². The fourth-order valence-electron chi connectivity index (χ4n) is 1.24. The average Bonchev–Trinajstić information content (AvgIpc) is 2.02. The minimum absolute atomic E-state index is 0.0681. The van der Waals surface area contributed by atoms with Crippen LogP contribution in [0.1, 0.15) is 34.8 Å². The van der Waals surface area contributed by atoms with Crippen LogP contribution in [0.15, 0.2) is 12.1 Å². The third-order valence-corrected chi connectivity index (χ3v) is 2.89. The van der Waals surface area contributed by atoms with Crippen molar-refractivity contribution in [1.29, 1.82) is 0 Å². The molecule has 0 unspecified atom stereocenters. The van der Waals surface area contributed by atoms with Gasteiger partial charge in [-0.15, -0.1) is 0 Å². The second-order valence-corrected chi connectivity index (χ2v) is 4.21. The van der Waals surface area contributed by atoms with E-state index < -0.39 is 6.43 Å². The van der Waals surface area contributed by atoms with Crippen LogP contribution >= 0.6 is 22.6 Å². The molecule has 0 saturated carbocycles. The van der Waals surface area contributed by atoms with Gasteiger partial charge in [0.15, 0.2) is 5.78 Å². The van der Waals surface area contributed by atoms with Gasteiger partial charge in [0.2, 0.25) is 0 Å². The van der Waals surface area contributed by atoms with E-state index in [-0.39, 0.29) is 11.3 Å². The minimum Gasteiger partial charge on any atom is -0.295 e. The van der Waals surface area contributed by atoms with Crippen LogP contribution < -0.4 is 0 Å². The van der Waals surface area contributed by atoms with Crippen LogP contribution in [0.3, 0.4) is 0 Å². The largest absolute Gasteiger partial charge is 0.295 e. The van der Waals surface area contributed by atoms with Crippen molar-refractivity contribution in [2.24, 2.45) is 0 Å². The molecular weight excluding hydrogens is 301 g/mol. The molecule has 0 aliphatic rings. The first kappa shape index (κ1) is 11.6. The summed E-state index contributed by atoms with van der Waals surface area (Å²) in [6.45, 7) is 3.12. The van der Waals surface area contributed by atoms with Gasteiger partial charge in [-0.1, -0.05) is 0 Å². The smallest absolute Gasteiger partial charge is 0.264 e. The van der Waals surface area contributed by atoms with E-state index in [4.69, 9.17) is 0 Å². The summed E-state index contributed by atoms with van der Waals surface area (Å²) in [4.78, 5) is 11.1. The molecule has 1 nitrogen and oxygen atoms in total. The third kappa shape index (κ3) is 2.29. The minimum atomic E-state index is -2.53. The van der Waals surface area contributed by atoms with Crippen molar-refractivity contribution in [3.8, 4) is 0 Å². The van der Waals surface area contributed by atoms with Crippen LogP contribution in [0.4, 0.5) is 8.78 Å². The Morgan fingerprint density at radius 3 is 2.43 bits per heavy atom. The second-order valence-electron chi connectivity index (χ2n) is 3.05. The van der Waals surface area contributed by atoms with Crippen molar-refractivity contribution < 1.29 is 13.6 Å². The van der Waals surface area contributed by atoms with Crippen LogP contribution in [0.5, 0.6) is 0 Å². The van der Waals surface area contributed by atoms with Gasteiger partial charge < -0.3 is 0 Å². The quantitative estimate of drug-likeness (QED) is 0.601. The highest BCUT2D eigenvalue weighted by atomic mass is 127. The van der Waals surface area contributed by atoms with Crippen LogP contribution in [-0.2, 0) is 0 Å². The Bertz CT molecular complexity index is 375. The van der Waals surface area contributed by atoms with Gasteiger partial charge in [0.05, 0.1) is 0 Å². The number of alkyl halides is 2. The molecule has 0 radical (unpaired) electrons. The van der Waals surface area contributed by atoms with Gasteiger partial charge in [-0.25, -0.2) is 8.78 Å². The second kappa shape index (κ2) is 4.33. The number of Topliss-reactive ketones (excluding diaryl/α,β-unsaturated/α-hetero) is 1. The number of hydrogen-bond donors (Lipinski definition) is 0. The Labute approximate surface area is 94.6 Å². The van der Waals surface area contributed by atoms with Gasteiger partial charge in [-0.3, -0.25) is 4.79 Å². The molecular formula is C10H9F2IO. The maximum atomic E-state index is 12.5. The molecule has 0 aromatic heterocycles. The molecule has 0 N–H and O–H groups in total. The van der Waals surface area contributed by atoms with Crippen molar-refractivity contribution in [2.75, 3.05) is 0 Å². The summed E-state index contributed by atoms with van der Waals surface area (Å²) in [5.41, 5.74) is 1.05. The van der Waals surface area contributed by atoms with Crippen molar-refractivity contribution in [3.05, 3.63) is 32.4 Å². The van der Waals surface area contributed by atoms with Gasteiger partial charge >= 0.3 is 0 Å². The van der Waals surface area contributed by atoms with E-state index in [1.54, 1.807) is 13.0 Å². The Kier molecular flexibility index (Phi) is 3.58. The van der Waals surface area contributed by atoms with Crippen molar-refractivity contribution in [1.82, 2.24) is 0 Å². The van der Waals surface area contributed by atoms with E-state index in [0.717, 1.165) is 5.56 Å². The maximum Gasteiger partial charge on any atom is 0.264 e. The lowest BCUT2D eigenvalue weighted by Crippen LogP contribution is -2.00. The van der Waals surface area contributed by atoms with Crippen LogP contribution in [-0.4, -0.2) is 5.78 Å². The highest BCUT2D eigenvalue weighted by molar-refractivity contribution is 14.1. The summed E-state index contributed by atoms with van der Waals surface area (Å²) in [5, 5.41) is 0. The number of halogens is 3. The molecule has 0 heterocycles. The number of carbonyl (C=O) groups is 1. The van der Waals surface area contributed by atoms with Crippen molar-refractivity contribution in [2.45, 2.75) is 20.3 Å². The Balaban J connectivity index is 3.34. The fourth-order valence-corrected chi connectivity index (χ4v) is 2.09. The zero-order valence-corrected chi connectivity index (χ0v) is 9.93. The normalized spacial score (nSPS) is 10.7. The molecule has 0 amide bonds. The highest BCUT2D eigenvalue weighted by Crippen LogP contribution is 2.27. The summed E-state index contributed by atoms with van der Waals surface area (Å²) >= 11 is 1.85. The highest BCUT2D eigenvalue weighted by Gasteiger charge is 2.15. The first-order chi connectivity index (χ1) is 6.43. The summed E-state index contributed by atoms with van der Waals surface area (Å²) in [6.07, 6.45) is -2.53. The molecule has 4 heteroatoms. The summed E-state index contributed by atoms with van der Waals surface area (Å²) in [7, 11) is 0. The Morgan fingerprint density at radius 2 is 2.00 bits per heavy atom. The number of hydrogen-bond acceptors (Lipinski definition) is 1. The summed E-state index contributed by atoms with van der Waals surface area (Å²) < 4.78 is 25.5. The van der Waals surface area contributed by atoms with E-state index in [0.29, 0.717) is 9.13 Å². The zero-order chi connectivity index (χ0) is 10.9. The number of carbonyl (C=O) groups excluding carboxylic acids is 1. The standard InChI is InChI=1S/C10H9F2IO/c1-5-3-9(13)8(10(11)12)4-7(5)6(2)14/h3-4,10H,1-2H3. The number of benzene rings is 1. The van der Waals surface area contributed by atoms with Crippen molar-refractivity contribution >= 4 is 28.4 Å². The molecule has 0 aliphatic heterocycles. The van der Waals surface area contributed by atoms with Gasteiger partial charge in [0.25, 0.3) is 6.43 Å². The molecule has 1 rings (SSSR count). The van der Waals surface area contributed by atoms with Crippen LogP contribution in [0, 0.1) is 10.5 Å². The molecule has 0 bridgehead atoms. The monoisotopic (exact) mass is 310 g/mol. The number of ketones is 1. The Morgan fingerprint density at radius 1 is 1.43 bits per heavy atom. The SMILES string of the molecule is CC(=O)c1cc(C(F)F)c(I)cc1C. The zero-order valence-electron chi connectivity index (χ0n) is 7.77. The maximum absolute atomic E-state index is 12.5. The number of aryl methyl sites for hydroxylation is 1. The van der Waals surface area contributed by atoms with E-state index >= 15 is 0 Å². The molecule has 1 aromatic carbocycles. The molecule has 0 fully saturated rings. The van der Waals surface area contributed by atoms with Crippen LogP contribution in [0.2, 0.25) is 0 Å². The molecule has 0 atom stereocenters. The van der Waals surface area contributed by atoms with Gasteiger partial charge in [0.1, 0.15) is 0 Å². The fraction of sp³-hybridized carbons (Fsp3) is 0.300. The summed E-state index contributed by atoms with van der Waals surface area (Å²) in [5.74, 6) is -0.180. The predicted octanol–water partition coefficient (Wildman–Crippen LogP) is 3.74. The van der Waals surface area contributed by atoms with Gasteiger partial charge in [0, 0.05) is 14.7 Å². The molecule has 14 heavy (non-hydrogen) atoms. The molecule has 0 aliphatic carbocycles. The Hall–Kier alpha value is -0.520. The molecule has 0 spiro atoms. The summed E-state index contributed by atoms with van der Waals surface area (Å²) in [6, 6.07) is 2.89. The molecule has 1 aromatic rings. The third-order valence-electron chi connectivity index (χ3n) is 1.96. The van der Waals surface area contributed by atoms with Crippen LogP contribution in [0.25, 0.3) is 0 Å². The van der Waals surface area contributed by atoms with E-state index in [1.807, 2.05) is 22.6 Å². The van der Waals surface area contributed by atoms with E-state index in [9.17, 15) is 13.6 Å².